The second kappa shape index (κ2) is 13.7. The molecule has 0 aliphatic carbocycles. The van der Waals surface area contributed by atoms with Gasteiger partial charge in [0.25, 0.3) is 0 Å². The van der Waals surface area contributed by atoms with Crippen LogP contribution in [0.15, 0.2) is 42.5 Å². The summed E-state index contributed by atoms with van der Waals surface area (Å²) < 4.78 is 16.2. The number of rotatable bonds is 14. The van der Waals surface area contributed by atoms with Gasteiger partial charge in [0.15, 0.2) is 0 Å². The van der Waals surface area contributed by atoms with E-state index in [1.165, 1.54) is 13.8 Å². The minimum absolute atomic E-state index is 0.0760. The highest BCUT2D eigenvalue weighted by Crippen LogP contribution is 2.33. The summed E-state index contributed by atoms with van der Waals surface area (Å²) in [6, 6.07) is 13.6. The second-order valence-corrected chi connectivity index (χ2v) is 9.16. The van der Waals surface area contributed by atoms with Gasteiger partial charge in [-0.25, -0.2) is 0 Å². The Morgan fingerprint density at radius 1 is 0.971 bits per heavy atom. The Morgan fingerprint density at radius 2 is 1.63 bits per heavy atom. The van der Waals surface area contributed by atoms with Gasteiger partial charge in [-0.2, -0.15) is 0 Å². The number of esters is 2. The number of hydrogen-bond acceptors (Lipinski definition) is 6. The van der Waals surface area contributed by atoms with E-state index in [2.05, 4.69) is 6.92 Å². The Balaban J connectivity index is 2.21. The molecule has 0 aliphatic rings. The molecule has 35 heavy (non-hydrogen) atoms. The summed E-state index contributed by atoms with van der Waals surface area (Å²) in [4.78, 5) is 34.7. The molecule has 0 radical (unpaired) electrons. The molecule has 7 nitrogen and oxygen atoms in total. The highest BCUT2D eigenvalue weighted by atomic mass is 35.5. The van der Waals surface area contributed by atoms with Gasteiger partial charge in [-0.1, -0.05) is 55.3 Å². The van der Waals surface area contributed by atoms with Crippen molar-refractivity contribution in [2.45, 2.75) is 52.9 Å². The van der Waals surface area contributed by atoms with Gasteiger partial charge in [-0.15, -0.1) is 0 Å². The van der Waals surface area contributed by atoms with Crippen molar-refractivity contribution >= 4 is 29.4 Å². The lowest BCUT2D eigenvalue weighted by Crippen LogP contribution is -2.38. The van der Waals surface area contributed by atoms with E-state index in [-0.39, 0.29) is 19.6 Å². The third-order valence-corrected chi connectivity index (χ3v) is 5.90. The van der Waals surface area contributed by atoms with Crippen molar-refractivity contribution in [3.63, 3.8) is 0 Å². The predicted molar refractivity (Wildman–Crippen MR) is 135 cm³/mol. The van der Waals surface area contributed by atoms with Crippen LogP contribution in [0, 0.1) is 5.41 Å². The Bertz CT molecular complexity index is 1000. The van der Waals surface area contributed by atoms with E-state index in [0.29, 0.717) is 30.2 Å². The average Bonchev–Trinajstić information content (AvgIpc) is 2.81. The maximum Gasteiger partial charge on any atom is 0.302 e. The Morgan fingerprint density at radius 3 is 2.20 bits per heavy atom. The SMILES string of the molecule is CCCCOc1ccc(-c2cccc(CCC(COC(C)=O)(COC(C)=O)CC(N)=O)c2)cc1Cl. The largest absolute Gasteiger partial charge is 0.492 e. The molecule has 2 aromatic carbocycles. The number of amides is 1. The van der Waals surface area contributed by atoms with Gasteiger partial charge in [0.05, 0.1) is 11.6 Å². The van der Waals surface area contributed by atoms with Gasteiger partial charge in [-0.05, 0) is 48.1 Å². The van der Waals surface area contributed by atoms with Crippen LogP contribution in [0.2, 0.25) is 5.02 Å². The third-order valence-electron chi connectivity index (χ3n) is 5.60. The molecule has 190 valence electrons. The maximum atomic E-state index is 11.8. The molecule has 0 aliphatic heterocycles. The van der Waals surface area contributed by atoms with E-state index in [1.807, 2.05) is 42.5 Å². The quantitative estimate of drug-likeness (QED) is 0.284. The fourth-order valence-corrected chi connectivity index (χ4v) is 3.93. The second-order valence-electron chi connectivity index (χ2n) is 8.75. The smallest absolute Gasteiger partial charge is 0.302 e. The molecule has 2 rings (SSSR count). The van der Waals surface area contributed by atoms with Crippen LogP contribution in [0.3, 0.4) is 0 Å². The number of carbonyl (C=O) groups excluding carboxylic acids is 3. The van der Waals surface area contributed by atoms with Crippen LogP contribution in [0.1, 0.15) is 52.0 Å². The Hall–Kier alpha value is -3.06. The monoisotopic (exact) mass is 503 g/mol. The molecule has 0 unspecified atom stereocenters. The molecule has 1 amide bonds. The average molecular weight is 504 g/mol. The molecule has 0 atom stereocenters. The van der Waals surface area contributed by atoms with E-state index in [0.717, 1.165) is 29.5 Å². The van der Waals surface area contributed by atoms with Crippen molar-refractivity contribution in [2.24, 2.45) is 11.1 Å². The zero-order valence-corrected chi connectivity index (χ0v) is 21.4. The molecule has 8 heteroatoms. The number of halogens is 1. The van der Waals surface area contributed by atoms with Crippen molar-refractivity contribution in [3.05, 3.63) is 53.1 Å². The van der Waals surface area contributed by atoms with Crippen molar-refractivity contribution in [2.75, 3.05) is 19.8 Å². The molecule has 0 fully saturated rings. The predicted octanol–water partition coefficient (Wildman–Crippen LogP) is 5.11. The lowest BCUT2D eigenvalue weighted by molar-refractivity contribution is -0.154. The molecular weight excluding hydrogens is 470 g/mol. The topological polar surface area (TPSA) is 105 Å². The summed E-state index contributed by atoms with van der Waals surface area (Å²) in [5.74, 6) is -0.869. The number of primary amides is 1. The van der Waals surface area contributed by atoms with Crippen molar-refractivity contribution in [3.8, 4) is 16.9 Å². The number of carbonyl (C=O) groups is 3. The fraction of sp³-hybridized carbons (Fsp3) is 0.444. The molecule has 2 N–H and O–H groups in total. The van der Waals surface area contributed by atoms with Crippen LogP contribution in [0.4, 0.5) is 0 Å². The molecular formula is C27H34ClNO6. The number of unbranched alkanes of at least 4 members (excludes halogenated alkanes) is 1. The van der Waals surface area contributed by atoms with Gasteiger partial charge in [0, 0.05) is 25.7 Å². The van der Waals surface area contributed by atoms with Crippen LogP contribution in [-0.4, -0.2) is 37.7 Å². The third kappa shape index (κ3) is 9.61. The van der Waals surface area contributed by atoms with Gasteiger partial charge in [0.1, 0.15) is 19.0 Å². The highest BCUT2D eigenvalue weighted by Gasteiger charge is 2.35. The highest BCUT2D eigenvalue weighted by molar-refractivity contribution is 6.32. The number of aryl methyl sites for hydroxylation is 1. The first kappa shape index (κ1) is 28.2. The minimum atomic E-state index is -0.917. The van der Waals surface area contributed by atoms with E-state index in [4.69, 9.17) is 31.5 Å². The van der Waals surface area contributed by atoms with E-state index in [1.54, 1.807) is 0 Å². The van der Waals surface area contributed by atoms with E-state index in [9.17, 15) is 14.4 Å². The summed E-state index contributed by atoms with van der Waals surface area (Å²) in [7, 11) is 0. The van der Waals surface area contributed by atoms with E-state index < -0.39 is 23.3 Å². The molecule has 0 aromatic heterocycles. The number of benzene rings is 2. The van der Waals surface area contributed by atoms with Crippen molar-refractivity contribution in [1.29, 1.82) is 0 Å². The van der Waals surface area contributed by atoms with Gasteiger partial charge in [0.2, 0.25) is 5.91 Å². The lowest BCUT2D eigenvalue weighted by Gasteiger charge is -2.31. The number of nitrogens with two attached hydrogens (primary N) is 1. The van der Waals surface area contributed by atoms with Crippen molar-refractivity contribution in [1.82, 2.24) is 0 Å². The first-order chi connectivity index (χ1) is 16.6. The zero-order chi connectivity index (χ0) is 25.8. The van der Waals surface area contributed by atoms with Crippen LogP contribution in [0.5, 0.6) is 5.75 Å². The minimum Gasteiger partial charge on any atom is -0.492 e. The number of hydrogen-bond donors (Lipinski definition) is 1. The molecule has 0 spiro atoms. The van der Waals surface area contributed by atoms with Crippen LogP contribution < -0.4 is 10.5 Å². The summed E-state index contributed by atoms with van der Waals surface area (Å²) in [5.41, 5.74) is 7.49. The Labute approximate surface area is 211 Å². The first-order valence-corrected chi connectivity index (χ1v) is 12.1. The number of ether oxygens (including phenoxy) is 3. The normalized spacial score (nSPS) is 11.1. The molecule has 0 heterocycles. The zero-order valence-electron chi connectivity index (χ0n) is 20.6. The van der Waals surface area contributed by atoms with E-state index >= 15 is 0 Å². The van der Waals surface area contributed by atoms with Gasteiger partial charge >= 0.3 is 11.9 Å². The fourth-order valence-electron chi connectivity index (χ4n) is 3.70. The molecule has 0 saturated heterocycles. The van der Waals surface area contributed by atoms with Crippen LogP contribution in [0.25, 0.3) is 11.1 Å². The summed E-state index contributed by atoms with van der Waals surface area (Å²) >= 11 is 6.44. The van der Waals surface area contributed by atoms with Crippen LogP contribution in [-0.2, 0) is 30.3 Å². The summed E-state index contributed by atoms with van der Waals surface area (Å²) in [5, 5.41) is 0.548. The maximum absolute atomic E-state index is 11.8. The van der Waals surface area contributed by atoms with Gasteiger partial charge < -0.3 is 19.9 Å². The first-order valence-electron chi connectivity index (χ1n) is 11.7. The molecule has 0 bridgehead atoms. The molecule has 0 saturated carbocycles. The summed E-state index contributed by atoms with van der Waals surface area (Å²) in [6.07, 6.45) is 2.90. The Kier molecular flexibility index (Phi) is 11.1. The summed E-state index contributed by atoms with van der Waals surface area (Å²) in [6.45, 7) is 5.15. The lowest BCUT2D eigenvalue weighted by atomic mass is 9.80. The van der Waals surface area contributed by atoms with Gasteiger partial charge in [-0.3, -0.25) is 14.4 Å². The molecule has 2 aromatic rings. The standard InChI is InChI=1S/C27H34ClNO6/c1-4-5-13-33-25-10-9-23(15-24(25)28)22-8-6-7-21(14-22)11-12-27(16-26(29)32,17-34-19(2)30)18-35-20(3)31/h6-10,14-15H,4-5,11-13,16-18H2,1-3H3,(H2,29,32). The van der Waals surface area contributed by atoms with Crippen molar-refractivity contribution < 1.29 is 28.6 Å². The van der Waals surface area contributed by atoms with Crippen LogP contribution >= 0.6 is 11.6 Å².